The van der Waals surface area contributed by atoms with Gasteiger partial charge >= 0.3 is 0 Å². The number of hydrogen-bond donors (Lipinski definition) is 1. The van der Waals surface area contributed by atoms with E-state index >= 15 is 0 Å². The number of rotatable bonds is 2. The lowest BCUT2D eigenvalue weighted by molar-refractivity contribution is 0.398. The molecule has 0 fully saturated rings. The zero-order valence-corrected chi connectivity index (χ0v) is 10.0. The molecule has 0 aliphatic carbocycles. The minimum absolute atomic E-state index is 0. The second-order valence-electron chi connectivity index (χ2n) is 3.62. The first-order chi connectivity index (χ1) is 7.25. The first-order valence-electron chi connectivity index (χ1n) is 5.47. The number of hydrogen-bond acceptors (Lipinski definition) is 1. The summed E-state index contributed by atoms with van der Waals surface area (Å²) in [6, 6.07) is 10.6. The van der Waals surface area contributed by atoms with E-state index in [9.17, 15) is 0 Å². The maximum atomic E-state index is 3.39. The first-order valence-corrected chi connectivity index (χ1v) is 5.47. The largest absolute Gasteiger partial charge is 0.357 e. The number of aromatic nitrogens is 1. The fourth-order valence-electron chi connectivity index (χ4n) is 1.56. The molecule has 1 aromatic carbocycles. The minimum Gasteiger partial charge on any atom is -0.357 e. The van der Waals surface area contributed by atoms with Gasteiger partial charge in [-0.2, -0.15) is 0 Å². The lowest BCUT2D eigenvalue weighted by Gasteiger charge is -2.06. The molecule has 1 heterocycles. The molecular formula is C13H22N2. The third-order valence-electron chi connectivity index (χ3n) is 2.07. The number of fused-ring (bicyclic) bond motifs is 1. The summed E-state index contributed by atoms with van der Waals surface area (Å²) in [5.74, 6) is 0. The third kappa shape index (κ3) is 3.10. The van der Waals surface area contributed by atoms with E-state index in [1.807, 2.05) is 13.8 Å². The normalized spacial score (nSPS) is 10.2. The fourth-order valence-corrected chi connectivity index (χ4v) is 1.56. The molecule has 0 saturated carbocycles. The summed E-state index contributed by atoms with van der Waals surface area (Å²) in [4.78, 5) is 5.54. The Kier molecular flexibility index (Phi) is 4.37. The van der Waals surface area contributed by atoms with E-state index in [2.05, 4.69) is 54.3 Å². The molecule has 2 nitrogen and oxygen atoms in total. The van der Waals surface area contributed by atoms with Gasteiger partial charge in [0.15, 0.2) is 0 Å². The van der Waals surface area contributed by atoms with Gasteiger partial charge in [0.1, 0.15) is 0 Å². The second kappa shape index (κ2) is 5.56. The van der Waals surface area contributed by atoms with E-state index in [1.165, 1.54) is 16.6 Å². The van der Waals surface area contributed by atoms with Crippen molar-refractivity contribution in [1.29, 1.82) is 0 Å². The van der Waals surface area contributed by atoms with Gasteiger partial charge < -0.3 is 9.88 Å². The highest BCUT2D eigenvalue weighted by molar-refractivity contribution is 5.80. The monoisotopic (exact) mass is 206 g/mol. The van der Waals surface area contributed by atoms with Crippen molar-refractivity contribution in [1.82, 2.24) is 9.88 Å². The molecule has 0 saturated heterocycles. The smallest absolute Gasteiger partial charge is 0.0456 e. The Balaban J connectivity index is 0.000000711. The Morgan fingerprint density at radius 2 is 1.87 bits per heavy atom. The molecule has 84 valence electrons. The van der Waals surface area contributed by atoms with E-state index in [0.717, 1.165) is 6.54 Å². The van der Waals surface area contributed by atoms with Crippen molar-refractivity contribution < 1.29 is 1.43 Å². The van der Waals surface area contributed by atoms with Gasteiger partial charge in [-0.05, 0) is 31.6 Å². The SMILES string of the molecule is CC.CN(C)Cc1cc2ccccc2[nH]1.[HH]. The average Bonchev–Trinajstić information content (AvgIpc) is 2.61. The third-order valence-corrected chi connectivity index (χ3v) is 2.07. The number of nitrogens with one attached hydrogen (secondary N) is 1. The first kappa shape index (κ1) is 11.8. The van der Waals surface area contributed by atoms with E-state index in [4.69, 9.17) is 0 Å². The second-order valence-corrected chi connectivity index (χ2v) is 3.62. The predicted molar refractivity (Wildman–Crippen MR) is 69.2 cm³/mol. The maximum absolute atomic E-state index is 3.39. The molecule has 0 radical (unpaired) electrons. The van der Waals surface area contributed by atoms with Crippen LogP contribution in [-0.4, -0.2) is 24.0 Å². The van der Waals surface area contributed by atoms with Gasteiger partial charge in [0.25, 0.3) is 0 Å². The van der Waals surface area contributed by atoms with Crippen molar-refractivity contribution in [3.8, 4) is 0 Å². The molecule has 1 N–H and O–H groups in total. The molecule has 1 aromatic heterocycles. The Labute approximate surface area is 93.4 Å². The lowest BCUT2D eigenvalue weighted by Crippen LogP contribution is -2.10. The molecule has 0 unspecified atom stereocenters. The van der Waals surface area contributed by atoms with Crippen LogP contribution in [0, 0.1) is 0 Å². The van der Waals surface area contributed by atoms with Crippen LogP contribution >= 0.6 is 0 Å². The Hall–Kier alpha value is -1.28. The number of para-hydroxylation sites is 1. The molecule has 2 heteroatoms. The van der Waals surface area contributed by atoms with Gasteiger partial charge in [0.05, 0.1) is 0 Å². The minimum atomic E-state index is 0. The summed E-state index contributed by atoms with van der Waals surface area (Å²) in [5, 5.41) is 1.29. The van der Waals surface area contributed by atoms with Gasteiger partial charge in [-0.15, -0.1) is 0 Å². The number of benzene rings is 1. The van der Waals surface area contributed by atoms with Crippen LogP contribution in [-0.2, 0) is 6.54 Å². The Bertz CT molecular complexity index is 374. The van der Waals surface area contributed by atoms with Gasteiger partial charge in [-0.1, -0.05) is 32.0 Å². The summed E-state index contributed by atoms with van der Waals surface area (Å²) in [7, 11) is 4.15. The van der Waals surface area contributed by atoms with Crippen molar-refractivity contribution in [2.45, 2.75) is 20.4 Å². The molecule has 0 aliphatic heterocycles. The quantitative estimate of drug-likeness (QED) is 0.796. The predicted octanol–water partition coefficient (Wildman–Crippen LogP) is 3.50. The van der Waals surface area contributed by atoms with Gasteiger partial charge in [0.2, 0.25) is 0 Å². The van der Waals surface area contributed by atoms with Crippen LogP contribution in [0.25, 0.3) is 10.9 Å². The molecule has 2 rings (SSSR count). The summed E-state index contributed by atoms with van der Waals surface area (Å²) in [6.45, 7) is 4.97. The average molecular weight is 206 g/mol. The van der Waals surface area contributed by atoms with Crippen LogP contribution in [0.15, 0.2) is 30.3 Å². The number of aromatic amines is 1. The maximum Gasteiger partial charge on any atom is 0.0456 e. The zero-order chi connectivity index (χ0) is 11.3. The van der Waals surface area contributed by atoms with Crippen molar-refractivity contribution >= 4 is 10.9 Å². The molecule has 0 bridgehead atoms. The molecular weight excluding hydrogens is 184 g/mol. The highest BCUT2D eigenvalue weighted by atomic mass is 15.1. The van der Waals surface area contributed by atoms with Crippen LogP contribution in [0.1, 0.15) is 21.0 Å². The molecule has 0 spiro atoms. The van der Waals surface area contributed by atoms with E-state index < -0.39 is 0 Å². The van der Waals surface area contributed by atoms with Crippen molar-refractivity contribution in [2.75, 3.05) is 14.1 Å². The lowest BCUT2D eigenvalue weighted by atomic mass is 10.2. The van der Waals surface area contributed by atoms with Crippen molar-refractivity contribution in [2.24, 2.45) is 0 Å². The summed E-state index contributed by atoms with van der Waals surface area (Å²) >= 11 is 0. The molecule has 15 heavy (non-hydrogen) atoms. The zero-order valence-electron chi connectivity index (χ0n) is 10.0. The van der Waals surface area contributed by atoms with Crippen LogP contribution in [0.4, 0.5) is 0 Å². The standard InChI is InChI=1S/C11H14N2.C2H6.H2/c1-13(2)8-10-7-9-5-3-4-6-11(9)12-10;1-2;/h3-7,12H,8H2,1-2H3;1-2H3;1H. The Morgan fingerprint density at radius 3 is 2.47 bits per heavy atom. The van der Waals surface area contributed by atoms with Crippen molar-refractivity contribution in [3.05, 3.63) is 36.0 Å². The van der Waals surface area contributed by atoms with E-state index in [0.29, 0.717) is 0 Å². The van der Waals surface area contributed by atoms with Crippen LogP contribution in [0.5, 0.6) is 0 Å². The topological polar surface area (TPSA) is 19.0 Å². The molecule has 0 atom stereocenters. The van der Waals surface area contributed by atoms with Crippen LogP contribution in [0.3, 0.4) is 0 Å². The number of H-pyrrole nitrogens is 1. The van der Waals surface area contributed by atoms with Gasteiger partial charge in [-0.25, -0.2) is 0 Å². The Morgan fingerprint density at radius 1 is 1.20 bits per heavy atom. The van der Waals surface area contributed by atoms with Gasteiger partial charge in [-0.3, -0.25) is 0 Å². The highest BCUT2D eigenvalue weighted by Crippen LogP contribution is 2.14. The highest BCUT2D eigenvalue weighted by Gasteiger charge is 1.99. The molecule has 2 aromatic rings. The number of nitrogens with zero attached hydrogens (tertiary/aromatic N) is 1. The fraction of sp³-hybridized carbons (Fsp3) is 0.385. The van der Waals surface area contributed by atoms with Crippen molar-refractivity contribution in [3.63, 3.8) is 0 Å². The van der Waals surface area contributed by atoms with E-state index in [1.54, 1.807) is 0 Å². The molecule has 0 aliphatic rings. The summed E-state index contributed by atoms with van der Waals surface area (Å²) in [5.41, 5.74) is 2.49. The van der Waals surface area contributed by atoms with Crippen LogP contribution < -0.4 is 0 Å². The van der Waals surface area contributed by atoms with Crippen LogP contribution in [0.2, 0.25) is 0 Å². The summed E-state index contributed by atoms with van der Waals surface area (Å²) < 4.78 is 0. The van der Waals surface area contributed by atoms with Gasteiger partial charge in [0, 0.05) is 19.2 Å². The van der Waals surface area contributed by atoms with E-state index in [-0.39, 0.29) is 1.43 Å². The molecule has 0 amide bonds. The summed E-state index contributed by atoms with van der Waals surface area (Å²) in [6.07, 6.45) is 0.